The van der Waals surface area contributed by atoms with Gasteiger partial charge in [0, 0.05) is 24.9 Å². The molecule has 0 fully saturated rings. The number of para-hydroxylation sites is 1. The Kier molecular flexibility index (Phi) is 3.98. The predicted octanol–water partition coefficient (Wildman–Crippen LogP) is 3.66. The lowest BCUT2D eigenvalue weighted by Crippen LogP contribution is -2.36. The molecule has 0 saturated heterocycles. The van der Waals surface area contributed by atoms with Crippen LogP contribution in [0.2, 0.25) is 5.15 Å². The Morgan fingerprint density at radius 2 is 1.83 bits per heavy atom. The van der Waals surface area contributed by atoms with Crippen LogP contribution >= 0.6 is 11.6 Å². The van der Waals surface area contributed by atoms with Gasteiger partial charge in [-0.1, -0.05) is 48.0 Å². The van der Waals surface area contributed by atoms with Gasteiger partial charge in [-0.25, -0.2) is 0 Å². The minimum atomic E-state index is 0.167. The molecule has 3 aromatic rings. The molecule has 4 nitrogen and oxygen atoms in total. The van der Waals surface area contributed by atoms with Gasteiger partial charge in [0.05, 0.1) is 12.1 Å². The number of fused-ring (bicyclic) bond motifs is 2. The summed E-state index contributed by atoms with van der Waals surface area (Å²) in [6.07, 6.45) is 1.36. The number of nitrogens with zero attached hydrogens (tertiary/aromatic N) is 3. The number of hydrogen-bond acceptors (Lipinski definition) is 2. The zero-order valence-corrected chi connectivity index (χ0v) is 14.0. The summed E-state index contributed by atoms with van der Waals surface area (Å²) in [5.74, 6) is 0.167. The van der Waals surface area contributed by atoms with E-state index in [4.69, 9.17) is 11.6 Å². The standard InChI is InChI=1S/C19H18ClN3O/c20-19-16-7-3-4-8-17(16)23(21-19)12-10-18(24)22-11-9-14-5-1-2-6-15(14)13-22/h1-8H,9-13H2. The summed E-state index contributed by atoms with van der Waals surface area (Å²) in [6, 6.07) is 16.2. The van der Waals surface area contributed by atoms with E-state index >= 15 is 0 Å². The molecule has 5 heteroatoms. The van der Waals surface area contributed by atoms with Crippen LogP contribution in [0.15, 0.2) is 48.5 Å². The number of benzene rings is 2. The molecule has 24 heavy (non-hydrogen) atoms. The second kappa shape index (κ2) is 6.29. The van der Waals surface area contributed by atoms with E-state index in [0.29, 0.717) is 24.7 Å². The third-order valence-electron chi connectivity index (χ3n) is 4.63. The van der Waals surface area contributed by atoms with Crippen molar-refractivity contribution in [3.8, 4) is 0 Å². The molecule has 1 aliphatic heterocycles. The average molecular weight is 340 g/mol. The smallest absolute Gasteiger partial charge is 0.224 e. The average Bonchev–Trinajstić information content (AvgIpc) is 2.95. The number of aromatic nitrogens is 2. The summed E-state index contributed by atoms with van der Waals surface area (Å²) in [5, 5.41) is 5.77. The molecular formula is C19H18ClN3O. The highest BCUT2D eigenvalue weighted by Crippen LogP contribution is 2.23. The topological polar surface area (TPSA) is 38.1 Å². The van der Waals surface area contributed by atoms with Crippen molar-refractivity contribution in [3.05, 3.63) is 64.8 Å². The minimum absolute atomic E-state index is 0.167. The van der Waals surface area contributed by atoms with Crippen LogP contribution in [0.1, 0.15) is 17.5 Å². The van der Waals surface area contributed by atoms with Crippen LogP contribution in [0.25, 0.3) is 10.9 Å². The fraction of sp³-hybridized carbons (Fsp3) is 0.263. The molecule has 1 amide bonds. The molecule has 0 spiro atoms. The van der Waals surface area contributed by atoms with E-state index in [-0.39, 0.29) is 5.91 Å². The van der Waals surface area contributed by atoms with Gasteiger partial charge in [0.1, 0.15) is 0 Å². The fourth-order valence-electron chi connectivity index (χ4n) is 3.33. The van der Waals surface area contributed by atoms with E-state index in [1.54, 1.807) is 0 Å². The number of carbonyl (C=O) groups excluding carboxylic acids is 1. The van der Waals surface area contributed by atoms with Crippen LogP contribution in [-0.2, 0) is 24.3 Å². The third kappa shape index (κ3) is 2.78. The molecule has 1 aliphatic rings. The van der Waals surface area contributed by atoms with Crippen LogP contribution in [0.3, 0.4) is 0 Å². The van der Waals surface area contributed by atoms with Crippen molar-refractivity contribution >= 4 is 28.4 Å². The maximum atomic E-state index is 12.6. The van der Waals surface area contributed by atoms with Crippen LogP contribution in [0, 0.1) is 0 Å². The highest BCUT2D eigenvalue weighted by molar-refractivity contribution is 6.34. The molecule has 2 heterocycles. The monoisotopic (exact) mass is 339 g/mol. The number of hydrogen-bond donors (Lipinski definition) is 0. The first-order chi connectivity index (χ1) is 11.7. The van der Waals surface area contributed by atoms with E-state index in [2.05, 4.69) is 23.3 Å². The number of amides is 1. The lowest BCUT2D eigenvalue weighted by Gasteiger charge is -2.29. The van der Waals surface area contributed by atoms with Gasteiger partial charge in [-0.15, -0.1) is 0 Å². The summed E-state index contributed by atoms with van der Waals surface area (Å²) in [4.78, 5) is 14.5. The number of carbonyl (C=O) groups is 1. The van der Waals surface area contributed by atoms with Gasteiger partial charge in [0.25, 0.3) is 0 Å². The largest absolute Gasteiger partial charge is 0.338 e. The van der Waals surface area contributed by atoms with Crippen molar-refractivity contribution in [2.45, 2.75) is 25.9 Å². The molecule has 0 bridgehead atoms. The van der Waals surface area contributed by atoms with Crippen molar-refractivity contribution in [2.75, 3.05) is 6.54 Å². The number of rotatable bonds is 3. The van der Waals surface area contributed by atoms with Gasteiger partial charge in [-0.2, -0.15) is 5.10 Å². The predicted molar refractivity (Wildman–Crippen MR) is 94.9 cm³/mol. The van der Waals surface area contributed by atoms with Crippen molar-refractivity contribution in [2.24, 2.45) is 0 Å². The Morgan fingerprint density at radius 3 is 2.71 bits per heavy atom. The van der Waals surface area contributed by atoms with Gasteiger partial charge >= 0.3 is 0 Å². The normalized spacial score (nSPS) is 14.0. The summed E-state index contributed by atoms with van der Waals surface area (Å²) < 4.78 is 1.83. The van der Waals surface area contributed by atoms with Gasteiger partial charge in [0.15, 0.2) is 5.15 Å². The Labute approximate surface area is 145 Å². The summed E-state index contributed by atoms with van der Waals surface area (Å²) in [5.41, 5.74) is 3.58. The Balaban J connectivity index is 1.45. The van der Waals surface area contributed by atoms with Gasteiger partial charge in [0.2, 0.25) is 5.91 Å². The molecule has 0 radical (unpaired) electrons. The lowest BCUT2D eigenvalue weighted by molar-refractivity contribution is -0.132. The van der Waals surface area contributed by atoms with Gasteiger partial charge in [-0.05, 0) is 29.7 Å². The fourth-order valence-corrected chi connectivity index (χ4v) is 3.58. The van der Waals surface area contributed by atoms with E-state index in [9.17, 15) is 4.79 Å². The lowest BCUT2D eigenvalue weighted by atomic mass is 10.00. The van der Waals surface area contributed by atoms with Gasteiger partial charge in [-0.3, -0.25) is 9.48 Å². The Bertz CT molecular complexity index is 903. The van der Waals surface area contributed by atoms with E-state index in [1.165, 1.54) is 11.1 Å². The van der Waals surface area contributed by atoms with Crippen LogP contribution in [0.4, 0.5) is 0 Å². The van der Waals surface area contributed by atoms with Gasteiger partial charge < -0.3 is 4.90 Å². The molecule has 1 aromatic heterocycles. The molecular weight excluding hydrogens is 322 g/mol. The highest BCUT2D eigenvalue weighted by atomic mass is 35.5. The van der Waals surface area contributed by atoms with Crippen LogP contribution in [0.5, 0.6) is 0 Å². The van der Waals surface area contributed by atoms with Crippen molar-refractivity contribution < 1.29 is 4.79 Å². The zero-order valence-electron chi connectivity index (χ0n) is 13.3. The van der Waals surface area contributed by atoms with Crippen LogP contribution in [-0.4, -0.2) is 27.1 Å². The molecule has 0 aliphatic carbocycles. The van der Waals surface area contributed by atoms with E-state index in [0.717, 1.165) is 23.9 Å². The summed E-state index contributed by atoms with van der Waals surface area (Å²) in [6.45, 7) is 2.04. The first-order valence-electron chi connectivity index (χ1n) is 8.18. The second-order valence-electron chi connectivity index (χ2n) is 6.12. The molecule has 0 saturated carbocycles. The first kappa shape index (κ1) is 15.2. The second-order valence-corrected chi connectivity index (χ2v) is 6.47. The van der Waals surface area contributed by atoms with Crippen molar-refractivity contribution in [1.29, 1.82) is 0 Å². The van der Waals surface area contributed by atoms with Crippen molar-refractivity contribution in [3.63, 3.8) is 0 Å². The SMILES string of the molecule is O=C(CCn1nc(Cl)c2ccccc21)N1CCc2ccccc2C1. The van der Waals surface area contributed by atoms with Crippen molar-refractivity contribution in [1.82, 2.24) is 14.7 Å². The molecule has 0 N–H and O–H groups in total. The zero-order chi connectivity index (χ0) is 16.5. The summed E-state index contributed by atoms with van der Waals surface area (Å²) in [7, 11) is 0. The maximum absolute atomic E-state index is 12.6. The third-order valence-corrected chi connectivity index (χ3v) is 4.91. The number of aryl methyl sites for hydroxylation is 1. The number of halogens is 1. The van der Waals surface area contributed by atoms with E-state index in [1.807, 2.05) is 39.9 Å². The van der Waals surface area contributed by atoms with Crippen LogP contribution < -0.4 is 0 Å². The molecule has 4 rings (SSSR count). The maximum Gasteiger partial charge on any atom is 0.224 e. The molecule has 0 atom stereocenters. The summed E-state index contributed by atoms with van der Waals surface area (Å²) >= 11 is 6.17. The quantitative estimate of drug-likeness (QED) is 0.730. The molecule has 0 unspecified atom stereocenters. The minimum Gasteiger partial charge on any atom is -0.338 e. The molecule has 122 valence electrons. The van der Waals surface area contributed by atoms with E-state index < -0.39 is 0 Å². The Morgan fingerprint density at radius 1 is 1.08 bits per heavy atom. The molecule has 2 aromatic carbocycles. The first-order valence-corrected chi connectivity index (χ1v) is 8.56. The highest BCUT2D eigenvalue weighted by Gasteiger charge is 2.20. The Hall–Kier alpha value is -2.33.